The molecule has 2 aromatic rings. The van der Waals surface area contributed by atoms with Gasteiger partial charge in [-0.2, -0.15) is 11.3 Å². The zero-order valence-electron chi connectivity index (χ0n) is 11.9. The molecule has 1 atom stereocenters. The summed E-state index contributed by atoms with van der Waals surface area (Å²) in [7, 11) is 0. The molecule has 1 heterocycles. The predicted octanol–water partition coefficient (Wildman–Crippen LogP) is 3.97. The first-order valence-electron chi connectivity index (χ1n) is 7.37. The third-order valence-electron chi connectivity index (χ3n) is 3.88. The van der Waals surface area contributed by atoms with Gasteiger partial charge in [-0.1, -0.05) is 13.0 Å². The highest BCUT2D eigenvalue weighted by molar-refractivity contribution is 7.07. The maximum atomic E-state index is 5.88. The Morgan fingerprint density at radius 3 is 3.10 bits per heavy atom. The number of hydrogen-bond donors (Lipinski definition) is 1. The van der Waals surface area contributed by atoms with E-state index in [4.69, 9.17) is 4.74 Å². The maximum absolute atomic E-state index is 5.88. The molecular formula is C17H21NOS. The van der Waals surface area contributed by atoms with E-state index in [2.05, 4.69) is 47.3 Å². The summed E-state index contributed by atoms with van der Waals surface area (Å²) < 4.78 is 5.88. The molecule has 0 spiro atoms. The van der Waals surface area contributed by atoms with Gasteiger partial charge in [0.1, 0.15) is 5.75 Å². The van der Waals surface area contributed by atoms with Gasteiger partial charge in [-0.3, -0.25) is 0 Å². The highest BCUT2D eigenvalue weighted by atomic mass is 32.1. The lowest BCUT2D eigenvalue weighted by Gasteiger charge is -2.13. The molecule has 0 amide bonds. The Morgan fingerprint density at radius 1 is 1.35 bits per heavy atom. The Labute approximate surface area is 124 Å². The zero-order chi connectivity index (χ0) is 13.8. The monoisotopic (exact) mass is 287 g/mol. The topological polar surface area (TPSA) is 21.3 Å². The molecule has 1 aromatic heterocycles. The SMILES string of the molecule is CCNC1CCc2cc(OCCc3ccsc3)ccc21. The lowest BCUT2D eigenvalue weighted by molar-refractivity contribution is 0.322. The molecule has 0 aliphatic heterocycles. The molecule has 0 saturated heterocycles. The van der Waals surface area contributed by atoms with E-state index in [1.54, 1.807) is 11.3 Å². The van der Waals surface area contributed by atoms with Gasteiger partial charge in [0.05, 0.1) is 6.61 Å². The van der Waals surface area contributed by atoms with Crippen LogP contribution in [-0.4, -0.2) is 13.2 Å². The van der Waals surface area contributed by atoms with Crippen LogP contribution in [0.5, 0.6) is 5.75 Å². The molecule has 106 valence electrons. The van der Waals surface area contributed by atoms with Crippen LogP contribution in [0.4, 0.5) is 0 Å². The number of rotatable bonds is 6. The van der Waals surface area contributed by atoms with Crippen LogP contribution in [0.3, 0.4) is 0 Å². The molecule has 0 bridgehead atoms. The van der Waals surface area contributed by atoms with Gasteiger partial charge in [0, 0.05) is 12.5 Å². The van der Waals surface area contributed by atoms with E-state index in [1.807, 2.05) is 0 Å². The van der Waals surface area contributed by atoms with Gasteiger partial charge in [0.15, 0.2) is 0 Å². The summed E-state index contributed by atoms with van der Waals surface area (Å²) in [6, 6.07) is 9.27. The Hall–Kier alpha value is -1.32. The van der Waals surface area contributed by atoms with Gasteiger partial charge in [-0.05, 0) is 65.0 Å². The maximum Gasteiger partial charge on any atom is 0.119 e. The van der Waals surface area contributed by atoms with Crippen molar-refractivity contribution >= 4 is 11.3 Å². The van der Waals surface area contributed by atoms with Crippen molar-refractivity contribution in [2.45, 2.75) is 32.2 Å². The highest BCUT2D eigenvalue weighted by Crippen LogP contribution is 2.33. The molecule has 2 nitrogen and oxygen atoms in total. The molecule has 1 N–H and O–H groups in total. The fourth-order valence-corrected chi connectivity index (χ4v) is 3.57. The minimum absolute atomic E-state index is 0.537. The van der Waals surface area contributed by atoms with E-state index in [9.17, 15) is 0 Å². The van der Waals surface area contributed by atoms with Crippen molar-refractivity contribution in [2.75, 3.05) is 13.2 Å². The van der Waals surface area contributed by atoms with Crippen LogP contribution in [0.1, 0.15) is 36.1 Å². The summed E-state index contributed by atoms with van der Waals surface area (Å²) in [6.07, 6.45) is 3.36. The van der Waals surface area contributed by atoms with Crippen LogP contribution in [0.15, 0.2) is 35.0 Å². The quantitative estimate of drug-likeness (QED) is 0.868. The number of aryl methyl sites for hydroxylation is 1. The molecule has 0 fully saturated rings. The number of benzene rings is 1. The Morgan fingerprint density at radius 2 is 2.30 bits per heavy atom. The lowest BCUT2D eigenvalue weighted by Crippen LogP contribution is -2.18. The summed E-state index contributed by atoms with van der Waals surface area (Å²) in [6.45, 7) is 3.95. The normalized spacial score (nSPS) is 17.1. The third kappa shape index (κ3) is 3.05. The van der Waals surface area contributed by atoms with Crippen molar-refractivity contribution in [1.82, 2.24) is 5.32 Å². The standard InChI is InChI=1S/C17H21NOS/c1-2-18-17-6-3-14-11-15(4-5-16(14)17)19-9-7-13-8-10-20-12-13/h4-5,8,10-12,17-18H,2-3,6-7,9H2,1H3. The number of hydrogen-bond acceptors (Lipinski definition) is 3. The second kappa shape index (κ2) is 6.42. The van der Waals surface area contributed by atoms with Crippen molar-refractivity contribution in [3.05, 3.63) is 51.7 Å². The molecule has 20 heavy (non-hydrogen) atoms. The van der Waals surface area contributed by atoms with Crippen LogP contribution in [0.25, 0.3) is 0 Å². The zero-order valence-corrected chi connectivity index (χ0v) is 12.7. The minimum atomic E-state index is 0.537. The van der Waals surface area contributed by atoms with Crippen LogP contribution in [0.2, 0.25) is 0 Å². The Balaban J connectivity index is 1.59. The third-order valence-corrected chi connectivity index (χ3v) is 4.61. The number of thiophene rings is 1. The smallest absolute Gasteiger partial charge is 0.119 e. The number of nitrogens with one attached hydrogen (secondary N) is 1. The van der Waals surface area contributed by atoms with Gasteiger partial charge in [-0.25, -0.2) is 0 Å². The van der Waals surface area contributed by atoms with E-state index in [0.717, 1.165) is 31.7 Å². The summed E-state index contributed by atoms with van der Waals surface area (Å²) in [5, 5.41) is 7.85. The van der Waals surface area contributed by atoms with Crippen LogP contribution in [0, 0.1) is 0 Å². The summed E-state index contributed by atoms with van der Waals surface area (Å²) in [4.78, 5) is 0. The summed E-state index contributed by atoms with van der Waals surface area (Å²) in [5.74, 6) is 1.01. The van der Waals surface area contributed by atoms with Gasteiger partial charge in [-0.15, -0.1) is 0 Å². The first kappa shape index (κ1) is 13.7. The number of fused-ring (bicyclic) bond motifs is 1. The highest BCUT2D eigenvalue weighted by Gasteiger charge is 2.21. The molecule has 0 radical (unpaired) electrons. The minimum Gasteiger partial charge on any atom is -0.493 e. The van der Waals surface area contributed by atoms with Gasteiger partial charge in [0.2, 0.25) is 0 Å². The largest absolute Gasteiger partial charge is 0.493 e. The first-order chi connectivity index (χ1) is 9.86. The van der Waals surface area contributed by atoms with E-state index >= 15 is 0 Å². The fraction of sp³-hybridized carbons (Fsp3) is 0.412. The second-order valence-electron chi connectivity index (χ2n) is 5.24. The Bertz CT molecular complexity index is 550. The van der Waals surface area contributed by atoms with Gasteiger partial charge < -0.3 is 10.1 Å². The Kier molecular flexibility index (Phi) is 4.38. The summed E-state index contributed by atoms with van der Waals surface area (Å²) >= 11 is 1.74. The van der Waals surface area contributed by atoms with Crippen LogP contribution >= 0.6 is 11.3 Å². The predicted molar refractivity (Wildman–Crippen MR) is 84.7 cm³/mol. The van der Waals surface area contributed by atoms with E-state index in [1.165, 1.54) is 23.1 Å². The molecule has 1 aromatic carbocycles. The van der Waals surface area contributed by atoms with Crippen LogP contribution in [-0.2, 0) is 12.8 Å². The second-order valence-corrected chi connectivity index (χ2v) is 6.02. The van der Waals surface area contributed by atoms with E-state index < -0.39 is 0 Å². The van der Waals surface area contributed by atoms with E-state index in [-0.39, 0.29) is 0 Å². The van der Waals surface area contributed by atoms with Crippen molar-refractivity contribution in [3.63, 3.8) is 0 Å². The molecule has 1 aliphatic rings. The van der Waals surface area contributed by atoms with Crippen molar-refractivity contribution in [2.24, 2.45) is 0 Å². The molecule has 3 rings (SSSR count). The molecule has 3 heteroatoms. The number of ether oxygens (including phenoxy) is 1. The summed E-state index contributed by atoms with van der Waals surface area (Å²) in [5.41, 5.74) is 4.27. The average Bonchev–Trinajstić information content (AvgIpc) is 3.09. The molecular weight excluding hydrogens is 266 g/mol. The van der Waals surface area contributed by atoms with Crippen LogP contribution < -0.4 is 10.1 Å². The average molecular weight is 287 g/mol. The van der Waals surface area contributed by atoms with Gasteiger partial charge in [0.25, 0.3) is 0 Å². The lowest BCUT2D eigenvalue weighted by atomic mass is 10.1. The first-order valence-corrected chi connectivity index (χ1v) is 8.31. The molecule has 1 unspecified atom stereocenters. The van der Waals surface area contributed by atoms with Crippen molar-refractivity contribution in [3.8, 4) is 5.75 Å². The molecule has 0 saturated carbocycles. The van der Waals surface area contributed by atoms with E-state index in [0.29, 0.717) is 6.04 Å². The fourth-order valence-electron chi connectivity index (χ4n) is 2.86. The molecule has 1 aliphatic carbocycles. The van der Waals surface area contributed by atoms with Crippen molar-refractivity contribution < 1.29 is 4.74 Å². The van der Waals surface area contributed by atoms with Gasteiger partial charge >= 0.3 is 0 Å². The van der Waals surface area contributed by atoms with Crippen molar-refractivity contribution in [1.29, 1.82) is 0 Å².